The van der Waals surface area contributed by atoms with Crippen molar-refractivity contribution in [1.29, 1.82) is 0 Å². The number of piperidine rings is 1. The lowest BCUT2D eigenvalue weighted by molar-refractivity contribution is -0.117. The highest BCUT2D eigenvalue weighted by atomic mass is 32.2. The van der Waals surface area contributed by atoms with Crippen molar-refractivity contribution in [3.63, 3.8) is 0 Å². The van der Waals surface area contributed by atoms with Crippen molar-refractivity contribution in [3.05, 3.63) is 47.5 Å². The Balaban J connectivity index is 1.48. The van der Waals surface area contributed by atoms with Gasteiger partial charge in [-0.25, -0.2) is 13.4 Å². The Morgan fingerprint density at radius 3 is 2.76 bits per heavy atom. The monoisotopic (exact) mass is 422 g/mol. The van der Waals surface area contributed by atoms with Crippen LogP contribution in [-0.2, 0) is 28.0 Å². The highest BCUT2D eigenvalue weighted by Crippen LogP contribution is 2.35. The summed E-state index contributed by atoms with van der Waals surface area (Å²) in [6.07, 6.45) is 6.50. The van der Waals surface area contributed by atoms with Gasteiger partial charge in [0, 0.05) is 25.5 Å². The van der Waals surface area contributed by atoms with Crippen LogP contribution < -0.4 is 9.03 Å². The third-order valence-electron chi connectivity index (χ3n) is 5.37. The number of likely N-dealkylation sites (tertiary alicyclic amines) is 1. The molecule has 1 aromatic carbocycles. The molecule has 8 nitrogen and oxygen atoms in total. The number of nitrogens with zero attached hydrogens (tertiary/aromatic N) is 2. The summed E-state index contributed by atoms with van der Waals surface area (Å²) in [5.74, 6) is -1.80. The lowest BCUT2D eigenvalue weighted by Crippen LogP contribution is -2.35. The molecule has 2 saturated heterocycles. The van der Waals surface area contributed by atoms with Gasteiger partial charge in [0.05, 0.1) is 0 Å². The van der Waals surface area contributed by atoms with Gasteiger partial charge in [0.1, 0.15) is 18.0 Å². The van der Waals surface area contributed by atoms with Crippen molar-refractivity contribution < 1.29 is 22.7 Å². The first kappa shape index (κ1) is 19.7. The standard InChI is InChI=1S/C19H23FN4O4S/c20-16-7-15(8-17(25)19(16)24-12-18(26)22-29(24,27)28)6-13-2-1-5-23(10-13)11-14-3-4-21-9-14/h3-4,7-9,13,21,25H,1-2,5-6,10-12H2,(H,22,26). The van der Waals surface area contributed by atoms with Crippen LogP contribution in [0.4, 0.5) is 10.1 Å². The van der Waals surface area contributed by atoms with Crippen molar-refractivity contribution in [3.8, 4) is 5.75 Å². The van der Waals surface area contributed by atoms with Crippen LogP contribution in [0.5, 0.6) is 5.75 Å². The molecule has 29 heavy (non-hydrogen) atoms. The van der Waals surface area contributed by atoms with Gasteiger partial charge in [0.2, 0.25) is 0 Å². The van der Waals surface area contributed by atoms with Gasteiger partial charge in [-0.1, -0.05) is 0 Å². The molecule has 2 fully saturated rings. The van der Waals surface area contributed by atoms with Crippen LogP contribution in [-0.4, -0.2) is 48.9 Å². The van der Waals surface area contributed by atoms with Crippen LogP contribution in [0.15, 0.2) is 30.6 Å². The Hall–Kier alpha value is -2.59. The van der Waals surface area contributed by atoms with Crippen LogP contribution in [0.2, 0.25) is 0 Å². The summed E-state index contributed by atoms with van der Waals surface area (Å²) in [5, 5.41) is 10.3. The van der Waals surface area contributed by atoms with Crippen molar-refractivity contribution in [1.82, 2.24) is 14.6 Å². The number of phenolic OH excluding ortho intramolecular Hbond substituents is 1. The molecule has 10 heteroatoms. The number of aromatic nitrogens is 1. The summed E-state index contributed by atoms with van der Waals surface area (Å²) in [5.41, 5.74) is 1.33. The highest BCUT2D eigenvalue weighted by Gasteiger charge is 2.37. The molecule has 3 heterocycles. The SMILES string of the molecule is O=C1CN(c2c(O)cc(CC3CCCN(Cc4cc[nH]c4)C3)cc2F)S(=O)(=O)N1. The number of phenols is 1. The highest BCUT2D eigenvalue weighted by molar-refractivity contribution is 7.92. The molecule has 2 aliphatic heterocycles. The normalized spacial score (nSPS) is 22.0. The van der Waals surface area contributed by atoms with E-state index in [1.807, 2.05) is 18.5 Å². The number of H-pyrrole nitrogens is 1. The fraction of sp³-hybridized carbons (Fsp3) is 0.421. The number of hydrogen-bond acceptors (Lipinski definition) is 5. The largest absolute Gasteiger partial charge is 0.506 e. The summed E-state index contributed by atoms with van der Waals surface area (Å²) in [6.45, 7) is 2.18. The molecule has 1 amide bonds. The van der Waals surface area contributed by atoms with E-state index in [0.29, 0.717) is 22.2 Å². The van der Waals surface area contributed by atoms with E-state index in [1.54, 1.807) is 4.72 Å². The van der Waals surface area contributed by atoms with Crippen LogP contribution >= 0.6 is 0 Å². The Morgan fingerprint density at radius 2 is 2.10 bits per heavy atom. The molecule has 0 saturated carbocycles. The van der Waals surface area contributed by atoms with Gasteiger partial charge in [-0.05, 0) is 61.1 Å². The maximum atomic E-state index is 14.7. The summed E-state index contributed by atoms with van der Waals surface area (Å²) >= 11 is 0. The van der Waals surface area contributed by atoms with Gasteiger partial charge >= 0.3 is 10.2 Å². The number of amides is 1. The third-order valence-corrected chi connectivity index (χ3v) is 6.75. The lowest BCUT2D eigenvalue weighted by Gasteiger charge is -2.32. The first-order valence-electron chi connectivity index (χ1n) is 9.50. The average molecular weight is 422 g/mol. The number of carbonyl (C=O) groups excluding carboxylic acids is 1. The zero-order valence-corrected chi connectivity index (χ0v) is 16.6. The van der Waals surface area contributed by atoms with E-state index in [1.165, 1.54) is 17.7 Å². The fourth-order valence-electron chi connectivity index (χ4n) is 4.16. The molecule has 0 radical (unpaired) electrons. The second-order valence-electron chi connectivity index (χ2n) is 7.65. The van der Waals surface area contributed by atoms with Crippen molar-refractivity contribution >= 4 is 21.8 Å². The minimum Gasteiger partial charge on any atom is -0.506 e. The van der Waals surface area contributed by atoms with Crippen LogP contribution in [0, 0.1) is 11.7 Å². The van der Waals surface area contributed by atoms with E-state index in [4.69, 9.17) is 0 Å². The quantitative estimate of drug-likeness (QED) is 0.677. The maximum Gasteiger partial charge on any atom is 0.326 e. The van der Waals surface area contributed by atoms with Gasteiger partial charge in [0.25, 0.3) is 5.91 Å². The molecular formula is C19H23FN4O4S. The Kier molecular flexibility index (Phi) is 5.22. The van der Waals surface area contributed by atoms with E-state index >= 15 is 0 Å². The number of aromatic amines is 1. The van der Waals surface area contributed by atoms with Gasteiger partial charge in [-0.2, -0.15) is 8.42 Å². The number of anilines is 1. The number of aromatic hydroxyl groups is 1. The third kappa shape index (κ3) is 4.23. The molecule has 1 unspecified atom stereocenters. The molecule has 1 aromatic heterocycles. The second-order valence-corrected chi connectivity index (χ2v) is 9.24. The molecule has 0 spiro atoms. The van der Waals surface area contributed by atoms with Crippen LogP contribution in [0.3, 0.4) is 0 Å². The molecule has 0 bridgehead atoms. The van der Waals surface area contributed by atoms with E-state index in [0.717, 1.165) is 32.5 Å². The number of rotatable bonds is 5. The smallest absolute Gasteiger partial charge is 0.326 e. The van der Waals surface area contributed by atoms with Gasteiger partial charge < -0.3 is 10.1 Å². The van der Waals surface area contributed by atoms with Crippen molar-refractivity contribution in [2.45, 2.75) is 25.8 Å². The zero-order valence-electron chi connectivity index (χ0n) is 15.8. The minimum absolute atomic E-state index is 0.311. The Morgan fingerprint density at radius 1 is 1.28 bits per heavy atom. The Labute approximate surface area is 168 Å². The van der Waals surface area contributed by atoms with Crippen LogP contribution in [0.1, 0.15) is 24.0 Å². The van der Waals surface area contributed by atoms with Gasteiger partial charge in [-0.15, -0.1) is 0 Å². The molecular weight excluding hydrogens is 399 g/mol. The minimum atomic E-state index is -4.18. The fourth-order valence-corrected chi connectivity index (χ4v) is 5.33. The molecule has 2 aromatic rings. The van der Waals surface area contributed by atoms with E-state index in [-0.39, 0.29) is 0 Å². The van der Waals surface area contributed by atoms with Gasteiger partial charge in [-0.3, -0.25) is 9.69 Å². The molecule has 4 rings (SSSR count). The maximum absolute atomic E-state index is 14.7. The zero-order chi connectivity index (χ0) is 20.6. The first-order chi connectivity index (χ1) is 13.8. The van der Waals surface area contributed by atoms with Crippen LogP contribution in [0.25, 0.3) is 0 Å². The summed E-state index contributed by atoms with van der Waals surface area (Å²) in [7, 11) is -4.18. The number of nitrogens with one attached hydrogen (secondary N) is 2. The van der Waals surface area contributed by atoms with Crippen molar-refractivity contribution in [2.75, 3.05) is 23.9 Å². The molecule has 3 N–H and O–H groups in total. The number of carbonyl (C=O) groups is 1. The molecule has 0 aliphatic carbocycles. The first-order valence-corrected chi connectivity index (χ1v) is 10.9. The van der Waals surface area contributed by atoms with Gasteiger partial charge in [0.15, 0.2) is 5.82 Å². The summed E-state index contributed by atoms with van der Waals surface area (Å²) in [4.78, 5) is 16.8. The lowest BCUT2D eigenvalue weighted by atomic mass is 9.91. The number of hydrogen-bond donors (Lipinski definition) is 3. The summed E-state index contributed by atoms with van der Waals surface area (Å²) in [6, 6.07) is 4.68. The predicted molar refractivity (Wildman–Crippen MR) is 105 cm³/mol. The number of benzene rings is 1. The average Bonchev–Trinajstić information content (AvgIpc) is 3.22. The number of halogens is 1. The molecule has 156 valence electrons. The van der Waals surface area contributed by atoms with E-state index in [9.17, 15) is 22.7 Å². The molecule has 1 atom stereocenters. The second kappa shape index (κ2) is 7.68. The van der Waals surface area contributed by atoms with E-state index < -0.39 is 39.9 Å². The Bertz CT molecular complexity index is 986. The predicted octanol–water partition coefficient (Wildman–Crippen LogP) is 1.50. The van der Waals surface area contributed by atoms with E-state index in [2.05, 4.69) is 9.88 Å². The topological polar surface area (TPSA) is 106 Å². The van der Waals surface area contributed by atoms with Crippen molar-refractivity contribution in [2.24, 2.45) is 5.92 Å². The molecule has 2 aliphatic rings. The summed E-state index contributed by atoms with van der Waals surface area (Å²) < 4.78 is 40.9.